The summed E-state index contributed by atoms with van der Waals surface area (Å²) in [6.07, 6.45) is 6.03. The lowest BCUT2D eigenvalue weighted by molar-refractivity contribution is -0.404. The summed E-state index contributed by atoms with van der Waals surface area (Å²) in [5.41, 5.74) is 1.16. The lowest BCUT2D eigenvalue weighted by Crippen LogP contribution is -2.29. The predicted octanol–water partition coefficient (Wildman–Crippen LogP) is 2.16. The third-order valence-corrected chi connectivity index (χ3v) is 4.41. The minimum Gasteiger partial charge on any atom is -0.464 e. The Labute approximate surface area is 153 Å². The topological polar surface area (TPSA) is 83.6 Å². The summed E-state index contributed by atoms with van der Waals surface area (Å²) in [7, 11) is 2.06. The van der Waals surface area contributed by atoms with Crippen molar-refractivity contribution in [2.24, 2.45) is 0 Å². The minimum atomic E-state index is -0.514. The number of nitro groups is 1. The Morgan fingerprint density at radius 1 is 1.56 bits per heavy atom. The number of thioether (sulfide) groups is 1. The zero-order valence-corrected chi connectivity index (χ0v) is 15.8. The Bertz CT molecular complexity index is 622. The van der Waals surface area contributed by atoms with Crippen LogP contribution < -0.4 is 10.6 Å². The van der Waals surface area contributed by atoms with E-state index in [-0.39, 0.29) is 6.54 Å². The van der Waals surface area contributed by atoms with Gasteiger partial charge in [0.15, 0.2) is 5.82 Å². The molecule has 0 bridgehead atoms. The van der Waals surface area contributed by atoms with Crippen molar-refractivity contribution in [3.8, 4) is 12.3 Å². The molecule has 138 valence electrons. The highest BCUT2D eigenvalue weighted by atomic mass is 32.2. The quantitative estimate of drug-likeness (QED) is 0.254. The van der Waals surface area contributed by atoms with Crippen LogP contribution in [0.4, 0.5) is 0 Å². The normalized spacial score (nSPS) is 11.4. The monoisotopic (exact) mass is 366 g/mol. The maximum Gasteiger partial charge on any atom is 0.274 e. The van der Waals surface area contributed by atoms with Crippen molar-refractivity contribution in [2.45, 2.75) is 26.1 Å². The van der Waals surface area contributed by atoms with Crippen LogP contribution >= 0.6 is 11.8 Å². The van der Waals surface area contributed by atoms with Gasteiger partial charge in [-0.25, -0.2) is 0 Å². The smallest absolute Gasteiger partial charge is 0.274 e. The molecule has 0 aromatic carbocycles. The van der Waals surface area contributed by atoms with Gasteiger partial charge in [0, 0.05) is 12.3 Å². The first-order valence-electron chi connectivity index (χ1n) is 8.07. The maximum atomic E-state index is 10.6. The molecule has 0 aliphatic heterocycles. The number of aryl methyl sites for hydroxylation is 1. The Balaban J connectivity index is 2.37. The van der Waals surface area contributed by atoms with Gasteiger partial charge in [0.25, 0.3) is 6.20 Å². The van der Waals surface area contributed by atoms with Crippen molar-refractivity contribution in [3.05, 3.63) is 45.3 Å². The van der Waals surface area contributed by atoms with E-state index in [0.717, 1.165) is 47.9 Å². The van der Waals surface area contributed by atoms with E-state index < -0.39 is 4.92 Å². The Morgan fingerprint density at radius 2 is 2.32 bits per heavy atom. The number of rotatable bonds is 12. The van der Waals surface area contributed by atoms with Crippen LogP contribution in [0, 0.1) is 29.4 Å². The highest BCUT2D eigenvalue weighted by Gasteiger charge is 2.09. The Morgan fingerprint density at radius 3 is 2.96 bits per heavy atom. The first kappa shape index (κ1) is 20.9. The SMILES string of the molecule is C#CCNC(=C[N+](=O)[O-])NCCSCc1oc(CN(C)CC)cc1C. The molecule has 0 radical (unpaired) electrons. The van der Waals surface area contributed by atoms with E-state index in [1.165, 1.54) is 0 Å². The molecule has 0 amide bonds. The van der Waals surface area contributed by atoms with Crippen LogP contribution in [0.1, 0.15) is 24.0 Å². The largest absolute Gasteiger partial charge is 0.464 e. The van der Waals surface area contributed by atoms with E-state index in [1.807, 2.05) is 0 Å². The van der Waals surface area contributed by atoms with E-state index >= 15 is 0 Å². The second-order valence-corrected chi connectivity index (χ2v) is 6.62. The highest BCUT2D eigenvalue weighted by Crippen LogP contribution is 2.21. The van der Waals surface area contributed by atoms with Crippen LogP contribution in [-0.2, 0) is 12.3 Å². The van der Waals surface area contributed by atoms with Crippen LogP contribution in [-0.4, -0.2) is 42.3 Å². The van der Waals surface area contributed by atoms with Gasteiger partial charge in [0.2, 0.25) is 0 Å². The van der Waals surface area contributed by atoms with E-state index in [4.69, 9.17) is 10.8 Å². The van der Waals surface area contributed by atoms with Gasteiger partial charge < -0.3 is 15.1 Å². The summed E-state index contributed by atoms with van der Waals surface area (Å²) in [4.78, 5) is 12.2. The molecule has 0 fully saturated rings. The predicted molar refractivity (Wildman–Crippen MR) is 102 cm³/mol. The van der Waals surface area contributed by atoms with Gasteiger partial charge in [-0.2, -0.15) is 11.8 Å². The summed E-state index contributed by atoms with van der Waals surface area (Å²) in [6.45, 7) is 6.77. The summed E-state index contributed by atoms with van der Waals surface area (Å²) >= 11 is 1.71. The molecule has 25 heavy (non-hydrogen) atoms. The molecule has 2 N–H and O–H groups in total. The van der Waals surface area contributed by atoms with Crippen molar-refractivity contribution < 1.29 is 9.34 Å². The average molecular weight is 366 g/mol. The van der Waals surface area contributed by atoms with E-state index in [0.29, 0.717) is 12.4 Å². The molecule has 0 aliphatic rings. The number of furan rings is 1. The van der Waals surface area contributed by atoms with Gasteiger partial charge in [-0.15, -0.1) is 6.42 Å². The number of hydrogen-bond acceptors (Lipinski definition) is 7. The summed E-state index contributed by atoms with van der Waals surface area (Å²) in [5.74, 6) is 6.23. The van der Waals surface area contributed by atoms with Gasteiger partial charge in [-0.05, 0) is 32.1 Å². The number of hydrogen-bond donors (Lipinski definition) is 2. The third kappa shape index (κ3) is 8.52. The molecule has 0 aliphatic carbocycles. The second-order valence-electron chi connectivity index (χ2n) is 5.51. The van der Waals surface area contributed by atoms with Gasteiger partial charge in [0.05, 0.1) is 23.8 Å². The highest BCUT2D eigenvalue weighted by molar-refractivity contribution is 7.98. The van der Waals surface area contributed by atoms with Crippen LogP contribution in [0.2, 0.25) is 0 Å². The van der Waals surface area contributed by atoms with E-state index in [1.54, 1.807) is 11.8 Å². The molecule has 0 saturated heterocycles. The van der Waals surface area contributed by atoms with E-state index in [2.05, 4.69) is 48.4 Å². The zero-order chi connectivity index (χ0) is 18.7. The average Bonchev–Trinajstić information content (AvgIpc) is 2.90. The molecule has 0 unspecified atom stereocenters. The Kier molecular flexibility index (Phi) is 9.58. The molecule has 1 rings (SSSR count). The summed E-state index contributed by atoms with van der Waals surface area (Å²) in [6, 6.07) is 2.09. The molecule has 0 saturated carbocycles. The lowest BCUT2D eigenvalue weighted by Gasteiger charge is -2.11. The molecule has 1 heterocycles. The van der Waals surface area contributed by atoms with Crippen molar-refractivity contribution >= 4 is 11.8 Å². The third-order valence-electron chi connectivity index (χ3n) is 3.45. The van der Waals surface area contributed by atoms with Crippen LogP contribution in [0.15, 0.2) is 22.5 Å². The van der Waals surface area contributed by atoms with Crippen molar-refractivity contribution in [2.75, 3.05) is 32.4 Å². The molecular formula is C17H26N4O3S. The fourth-order valence-corrected chi connectivity index (χ4v) is 2.88. The molecule has 7 nitrogen and oxygen atoms in total. The van der Waals surface area contributed by atoms with Crippen molar-refractivity contribution in [1.82, 2.24) is 15.5 Å². The molecule has 1 aromatic rings. The maximum absolute atomic E-state index is 10.6. The standard InChI is InChI=1S/C17H26N4O3S/c1-5-7-18-17(12-21(22)23)19-8-9-25-13-16-14(3)10-15(24-16)11-20(4)6-2/h1,10,12,18-19H,6-9,11,13H2,2-4H3. The fourth-order valence-electron chi connectivity index (χ4n) is 2.02. The number of terminal acetylenes is 1. The molecule has 1 aromatic heterocycles. The number of nitrogens with zero attached hydrogens (tertiary/aromatic N) is 2. The first-order valence-corrected chi connectivity index (χ1v) is 9.22. The van der Waals surface area contributed by atoms with Gasteiger partial charge in [0.1, 0.15) is 11.5 Å². The number of nitrogens with one attached hydrogen (secondary N) is 2. The molecular weight excluding hydrogens is 340 g/mol. The molecule has 8 heteroatoms. The van der Waals surface area contributed by atoms with Crippen molar-refractivity contribution in [1.29, 1.82) is 0 Å². The van der Waals surface area contributed by atoms with Crippen LogP contribution in [0.25, 0.3) is 0 Å². The Hall–Kier alpha value is -2.11. The lowest BCUT2D eigenvalue weighted by atomic mass is 10.3. The summed E-state index contributed by atoms with van der Waals surface area (Å²) < 4.78 is 5.90. The van der Waals surface area contributed by atoms with Gasteiger partial charge in [-0.1, -0.05) is 12.8 Å². The van der Waals surface area contributed by atoms with Crippen LogP contribution in [0.5, 0.6) is 0 Å². The molecule has 0 spiro atoms. The first-order chi connectivity index (χ1) is 12.0. The van der Waals surface area contributed by atoms with Gasteiger partial charge >= 0.3 is 0 Å². The molecule has 0 atom stereocenters. The fraction of sp³-hybridized carbons (Fsp3) is 0.529. The van der Waals surface area contributed by atoms with Crippen LogP contribution in [0.3, 0.4) is 0 Å². The van der Waals surface area contributed by atoms with E-state index in [9.17, 15) is 10.1 Å². The zero-order valence-electron chi connectivity index (χ0n) is 15.0. The minimum absolute atomic E-state index is 0.236. The van der Waals surface area contributed by atoms with Crippen molar-refractivity contribution in [3.63, 3.8) is 0 Å². The van der Waals surface area contributed by atoms with Gasteiger partial charge in [-0.3, -0.25) is 15.0 Å². The second kappa shape index (κ2) is 11.4. The summed E-state index contributed by atoms with van der Waals surface area (Å²) in [5, 5.41) is 16.3.